The molecule has 3 aromatic carbocycles. The van der Waals surface area contributed by atoms with Gasteiger partial charge in [0.05, 0.1) is 5.69 Å². The van der Waals surface area contributed by atoms with Crippen molar-refractivity contribution in [3.8, 4) is 0 Å². The lowest BCUT2D eigenvalue weighted by molar-refractivity contribution is 0.389. The van der Waals surface area contributed by atoms with Gasteiger partial charge < -0.3 is 0 Å². The molecule has 0 fully saturated rings. The lowest BCUT2D eigenvalue weighted by Crippen LogP contribution is -1.88. The van der Waals surface area contributed by atoms with Gasteiger partial charge in [-0.1, -0.05) is 42.5 Å². The molecular weight excluding hydrogens is 198 g/mol. The van der Waals surface area contributed by atoms with Crippen LogP contribution >= 0.6 is 0 Å². The minimum atomic E-state index is 0.712. The molecule has 0 unspecified atom stereocenters. The van der Waals surface area contributed by atoms with Crippen molar-refractivity contribution in [1.82, 2.24) is 0 Å². The van der Waals surface area contributed by atoms with Crippen molar-refractivity contribution < 1.29 is 5.21 Å². The Balaban J connectivity index is 2.47. The van der Waals surface area contributed by atoms with Crippen LogP contribution in [0, 0.1) is 0 Å². The summed E-state index contributed by atoms with van der Waals surface area (Å²) in [6, 6.07) is 18.3. The molecule has 0 aliphatic rings. The molecule has 2 nitrogen and oxygen atoms in total. The van der Waals surface area contributed by atoms with Crippen molar-refractivity contribution in [2.75, 3.05) is 5.48 Å². The van der Waals surface area contributed by atoms with E-state index >= 15 is 0 Å². The first-order valence-corrected chi connectivity index (χ1v) is 5.20. The molecule has 3 aromatic rings. The Bertz CT molecular complexity index is 661. The van der Waals surface area contributed by atoms with E-state index in [1.54, 1.807) is 0 Å². The van der Waals surface area contributed by atoms with Gasteiger partial charge in [0.25, 0.3) is 0 Å². The van der Waals surface area contributed by atoms with Gasteiger partial charge in [0.2, 0.25) is 0 Å². The van der Waals surface area contributed by atoms with Crippen LogP contribution in [-0.4, -0.2) is 5.21 Å². The zero-order chi connectivity index (χ0) is 11.0. The predicted octanol–water partition coefficient (Wildman–Crippen LogP) is 3.79. The second kappa shape index (κ2) is 3.51. The molecule has 0 aromatic heterocycles. The van der Waals surface area contributed by atoms with Crippen molar-refractivity contribution >= 4 is 27.2 Å². The Morgan fingerprint density at radius 1 is 0.750 bits per heavy atom. The van der Waals surface area contributed by atoms with E-state index in [1.807, 2.05) is 30.3 Å². The highest BCUT2D eigenvalue weighted by molar-refractivity contribution is 6.08. The first-order valence-electron chi connectivity index (χ1n) is 5.20. The second-order valence-electron chi connectivity index (χ2n) is 3.83. The lowest BCUT2D eigenvalue weighted by atomic mass is 10.0. The topological polar surface area (TPSA) is 32.3 Å². The minimum Gasteiger partial charge on any atom is -0.291 e. The molecule has 0 atom stereocenters. The number of hydrogen-bond acceptors (Lipinski definition) is 2. The van der Waals surface area contributed by atoms with Gasteiger partial charge in [-0.2, -0.15) is 0 Å². The predicted molar refractivity (Wildman–Crippen MR) is 66.9 cm³/mol. The van der Waals surface area contributed by atoms with Crippen LogP contribution in [0.5, 0.6) is 0 Å². The van der Waals surface area contributed by atoms with Gasteiger partial charge in [0.15, 0.2) is 0 Å². The summed E-state index contributed by atoms with van der Waals surface area (Å²) in [5.41, 5.74) is 2.90. The fourth-order valence-electron chi connectivity index (χ4n) is 2.07. The Hall–Kier alpha value is -2.06. The highest BCUT2D eigenvalue weighted by Crippen LogP contribution is 2.27. The van der Waals surface area contributed by atoms with Gasteiger partial charge in [0, 0.05) is 0 Å². The zero-order valence-corrected chi connectivity index (χ0v) is 8.64. The minimum absolute atomic E-state index is 0.712. The van der Waals surface area contributed by atoms with Crippen LogP contribution in [0.1, 0.15) is 0 Å². The van der Waals surface area contributed by atoms with E-state index < -0.39 is 0 Å². The summed E-state index contributed by atoms with van der Waals surface area (Å²) >= 11 is 0. The quantitative estimate of drug-likeness (QED) is 0.472. The first-order chi connectivity index (χ1) is 7.88. The Morgan fingerprint density at radius 2 is 1.44 bits per heavy atom. The van der Waals surface area contributed by atoms with E-state index in [0.717, 1.165) is 5.39 Å². The van der Waals surface area contributed by atoms with E-state index in [0.29, 0.717) is 5.69 Å². The third kappa shape index (κ3) is 1.32. The maximum absolute atomic E-state index is 8.92. The number of hydrogen-bond donors (Lipinski definition) is 2. The SMILES string of the molecule is ONc1ccc2ccc3ccccc3c2c1. The average Bonchev–Trinajstić information content (AvgIpc) is 2.38. The maximum atomic E-state index is 8.92. The third-order valence-electron chi connectivity index (χ3n) is 2.88. The van der Waals surface area contributed by atoms with E-state index in [1.165, 1.54) is 16.2 Å². The van der Waals surface area contributed by atoms with Gasteiger partial charge in [0.1, 0.15) is 0 Å². The molecule has 78 valence electrons. The summed E-state index contributed by atoms with van der Waals surface area (Å²) in [7, 11) is 0. The van der Waals surface area contributed by atoms with Crippen LogP contribution in [0.2, 0.25) is 0 Å². The number of anilines is 1. The van der Waals surface area contributed by atoms with Crippen LogP contribution in [0.3, 0.4) is 0 Å². The van der Waals surface area contributed by atoms with Gasteiger partial charge in [-0.3, -0.25) is 10.7 Å². The summed E-state index contributed by atoms with van der Waals surface area (Å²) < 4.78 is 0. The summed E-state index contributed by atoms with van der Waals surface area (Å²) in [5.74, 6) is 0. The summed E-state index contributed by atoms with van der Waals surface area (Å²) in [6.07, 6.45) is 0. The van der Waals surface area contributed by atoms with Gasteiger partial charge >= 0.3 is 0 Å². The van der Waals surface area contributed by atoms with Crippen molar-refractivity contribution in [3.05, 3.63) is 54.6 Å². The van der Waals surface area contributed by atoms with E-state index in [2.05, 4.69) is 29.7 Å². The summed E-state index contributed by atoms with van der Waals surface area (Å²) in [4.78, 5) is 0. The van der Waals surface area contributed by atoms with Crippen molar-refractivity contribution in [2.45, 2.75) is 0 Å². The molecule has 0 radical (unpaired) electrons. The Morgan fingerprint density at radius 3 is 2.25 bits per heavy atom. The molecule has 0 heterocycles. The fraction of sp³-hybridized carbons (Fsp3) is 0. The van der Waals surface area contributed by atoms with Crippen molar-refractivity contribution in [2.24, 2.45) is 0 Å². The monoisotopic (exact) mass is 209 g/mol. The average molecular weight is 209 g/mol. The highest BCUT2D eigenvalue weighted by atomic mass is 16.5. The van der Waals surface area contributed by atoms with Crippen LogP contribution in [-0.2, 0) is 0 Å². The Kier molecular flexibility index (Phi) is 2.01. The van der Waals surface area contributed by atoms with Crippen LogP contribution in [0.4, 0.5) is 5.69 Å². The lowest BCUT2D eigenvalue weighted by Gasteiger charge is -2.05. The number of rotatable bonds is 1. The van der Waals surface area contributed by atoms with E-state index in [4.69, 9.17) is 5.21 Å². The van der Waals surface area contributed by atoms with Crippen LogP contribution in [0.25, 0.3) is 21.5 Å². The molecule has 0 saturated carbocycles. The fourth-order valence-corrected chi connectivity index (χ4v) is 2.07. The second-order valence-corrected chi connectivity index (χ2v) is 3.83. The molecule has 16 heavy (non-hydrogen) atoms. The normalized spacial score (nSPS) is 10.8. The van der Waals surface area contributed by atoms with Gasteiger partial charge in [-0.15, -0.1) is 0 Å². The molecule has 3 rings (SSSR count). The molecule has 0 spiro atoms. The summed E-state index contributed by atoms with van der Waals surface area (Å²) in [5, 5.41) is 13.7. The highest BCUT2D eigenvalue weighted by Gasteiger charge is 2.00. The molecular formula is C14H11NO. The van der Waals surface area contributed by atoms with Gasteiger partial charge in [-0.25, -0.2) is 0 Å². The number of fused-ring (bicyclic) bond motifs is 3. The standard InChI is InChI=1S/C14H11NO/c16-15-12-8-7-11-6-5-10-3-1-2-4-13(10)14(11)9-12/h1-9,15-16H. The molecule has 2 heteroatoms. The largest absolute Gasteiger partial charge is 0.291 e. The number of nitrogens with one attached hydrogen (secondary N) is 1. The molecule has 2 N–H and O–H groups in total. The molecule has 0 saturated heterocycles. The molecule has 0 aliphatic carbocycles. The molecule has 0 amide bonds. The van der Waals surface area contributed by atoms with Crippen LogP contribution in [0.15, 0.2) is 54.6 Å². The van der Waals surface area contributed by atoms with Gasteiger partial charge in [-0.05, 0) is 33.7 Å². The smallest absolute Gasteiger partial charge is 0.0608 e. The molecule has 0 aliphatic heterocycles. The van der Waals surface area contributed by atoms with Crippen molar-refractivity contribution in [3.63, 3.8) is 0 Å². The van der Waals surface area contributed by atoms with Crippen LogP contribution < -0.4 is 5.48 Å². The van der Waals surface area contributed by atoms with Crippen molar-refractivity contribution in [1.29, 1.82) is 0 Å². The van der Waals surface area contributed by atoms with E-state index in [9.17, 15) is 0 Å². The van der Waals surface area contributed by atoms with E-state index in [-0.39, 0.29) is 0 Å². The summed E-state index contributed by atoms with van der Waals surface area (Å²) in [6.45, 7) is 0. The maximum Gasteiger partial charge on any atom is 0.0608 e. The number of benzene rings is 3. The third-order valence-corrected chi connectivity index (χ3v) is 2.88. The first kappa shape index (κ1) is 9.19. The molecule has 0 bridgehead atoms. The zero-order valence-electron chi connectivity index (χ0n) is 8.64. The Labute approximate surface area is 93.1 Å².